The zero-order valence-corrected chi connectivity index (χ0v) is 10.7. The minimum Gasteiger partial charge on any atom is -0.381 e. The van der Waals surface area contributed by atoms with E-state index < -0.39 is 0 Å². The Bertz CT molecular complexity index is 422. The number of hydrogen-bond acceptors (Lipinski definition) is 4. The molecule has 0 spiro atoms. The number of thioether (sulfide) groups is 1. The van der Waals surface area contributed by atoms with Crippen LogP contribution in [0.5, 0.6) is 0 Å². The van der Waals surface area contributed by atoms with Crippen molar-refractivity contribution in [2.24, 2.45) is 0 Å². The lowest BCUT2D eigenvalue weighted by atomic mass is 10.1. The first-order valence-electron chi connectivity index (χ1n) is 5.76. The third-order valence-corrected chi connectivity index (χ3v) is 3.72. The Morgan fingerprint density at radius 2 is 2.18 bits per heavy atom. The predicted molar refractivity (Wildman–Crippen MR) is 70.4 cm³/mol. The van der Waals surface area contributed by atoms with Gasteiger partial charge in [0.15, 0.2) is 0 Å². The molecule has 1 heterocycles. The molecule has 0 aliphatic carbocycles. The maximum atomic E-state index is 9.23. The fourth-order valence-electron chi connectivity index (χ4n) is 2.00. The van der Waals surface area contributed by atoms with Crippen LogP contribution in [0, 0.1) is 11.3 Å². The van der Waals surface area contributed by atoms with Crippen LogP contribution in [0.2, 0.25) is 0 Å². The predicted octanol–water partition coefficient (Wildman–Crippen LogP) is 2.87. The molecule has 1 aromatic rings. The third-order valence-electron chi connectivity index (χ3n) is 2.94. The van der Waals surface area contributed by atoms with Gasteiger partial charge in [-0.3, -0.25) is 0 Å². The average molecular weight is 248 g/mol. The maximum Gasteiger partial charge on any atom is 0.102 e. The van der Waals surface area contributed by atoms with Gasteiger partial charge in [-0.2, -0.15) is 5.26 Å². The van der Waals surface area contributed by atoms with Crippen molar-refractivity contribution in [3.8, 4) is 6.07 Å². The summed E-state index contributed by atoms with van der Waals surface area (Å²) in [5, 5.41) is 12.7. The molecule has 0 radical (unpaired) electrons. The average Bonchev–Trinajstić information content (AvgIpc) is 2.39. The van der Waals surface area contributed by atoms with Gasteiger partial charge in [-0.1, -0.05) is 6.07 Å². The van der Waals surface area contributed by atoms with Crippen molar-refractivity contribution >= 4 is 17.4 Å². The second-order valence-electron chi connectivity index (χ2n) is 4.03. The van der Waals surface area contributed by atoms with E-state index >= 15 is 0 Å². The van der Waals surface area contributed by atoms with Gasteiger partial charge in [-0.15, -0.1) is 11.8 Å². The Morgan fingerprint density at radius 3 is 2.82 bits per heavy atom. The zero-order valence-electron chi connectivity index (χ0n) is 9.90. The van der Waals surface area contributed by atoms with E-state index in [1.807, 2.05) is 24.5 Å². The van der Waals surface area contributed by atoms with Crippen molar-refractivity contribution in [1.82, 2.24) is 0 Å². The normalized spacial score (nSPS) is 16.5. The number of ether oxygens (including phenoxy) is 1. The first kappa shape index (κ1) is 12.3. The fraction of sp³-hybridized carbons (Fsp3) is 0.462. The van der Waals surface area contributed by atoms with Crippen molar-refractivity contribution in [1.29, 1.82) is 5.26 Å². The zero-order chi connectivity index (χ0) is 12.1. The standard InChI is InChI=1S/C13H16N2OS/c1-17-13-4-2-3-12(11(13)9-14)15-10-5-7-16-8-6-10/h2-4,10,15H,5-8H2,1H3. The fourth-order valence-corrected chi connectivity index (χ4v) is 2.57. The van der Waals surface area contributed by atoms with Crippen LogP contribution in [-0.2, 0) is 4.74 Å². The van der Waals surface area contributed by atoms with E-state index in [9.17, 15) is 5.26 Å². The summed E-state index contributed by atoms with van der Waals surface area (Å²) in [6.45, 7) is 1.61. The second kappa shape index (κ2) is 5.95. The van der Waals surface area contributed by atoms with Gasteiger partial charge in [-0.05, 0) is 31.2 Å². The Balaban J connectivity index is 2.17. The number of benzene rings is 1. The first-order chi connectivity index (χ1) is 8.35. The van der Waals surface area contributed by atoms with Gasteiger partial charge in [0, 0.05) is 24.2 Å². The summed E-state index contributed by atoms with van der Waals surface area (Å²) in [4.78, 5) is 1.03. The summed E-state index contributed by atoms with van der Waals surface area (Å²) >= 11 is 1.61. The van der Waals surface area contributed by atoms with Crippen LogP contribution in [0.25, 0.3) is 0 Å². The molecule has 0 amide bonds. The molecule has 0 aromatic heterocycles. The van der Waals surface area contributed by atoms with Crippen LogP contribution < -0.4 is 5.32 Å². The Morgan fingerprint density at radius 1 is 1.41 bits per heavy atom. The summed E-state index contributed by atoms with van der Waals surface area (Å²) in [6.07, 6.45) is 4.01. The molecule has 4 heteroatoms. The smallest absolute Gasteiger partial charge is 0.102 e. The van der Waals surface area contributed by atoms with Crippen molar-refractivity contribution in [2.75, 3.05) is 24.8 Å². The van der Waals surface area contributed by atoms with E-state index in [1.165, 1.54) is 0 Å². The summed E-state index contributed by atoms with van der Waals surface area (Å²) in [7, 11) is 0. The number of anilines is 1. The van der Waals surface area contributed by atoms with Crippen molar-refractivity contribution in [2.45, 2.75) is 23.8 Å². The first-order valence-corrected chi connectivity index (χ1v) is 6.99. The summed E-state index contributed by atoms with van der Waals surface area (Å²) < 4.78 is 5.33. The Hall–Kier alpha value is -1.18. The monoisotopic (exact) mass is 248 g/mol. The molecular formula is C13H16N2OS. The molecule has 0 unspecified atom stereocenters. The van der Waals surface area contributed by atoms with Crippen molar-refractivity contribution < 1.29 is 4.74 Å². The topological polar surface area (TPSA) is 45.0 Å². The lowest BCUT2D eigenvalue weighted by Gasteiger charge is -2.24. The van der Waals surface area contributed by atoms with Crippen LogP contribution in [0.1, 0.15) is 18.4 Å². The van der Waals surface area contributed by atoms with E-state index in [-0.39, 0.29) is 0 Å². The van der Waals surface area contributed by atoms with Gasteiger partial charge < -0.3 is 10.1 Å². The summed E-state index contributed by atoms with van der Waals surface area (Å²) in [5.74, 6) is 0. The van der Waals surface area contributed by atoms with Gasteiger partial charge in [0.05, 0.1) is 11.3 Å². The minimum atomic E-state index is 0.424. The minimum absolute atomic E-state index is 0.424. The number of rotatable bonds is 3. The highest BCUT2D eigenvalue weighted by atomic mass is 32.2. The van der Waals surface area contributed by atoms with Gasteiger partial charge in [0.1, 0.15) is 6.07 Å². The number of nitriles is 1. The second-order valence-corrected chi connectivity index (χ2v) is 4.87. The van der Waals surface area contributed by atoms with Gasteiger partial charge in [0.25, 0.3) is 0 Å². The summed E-state index contributed by atoms with van der Waals surface area (Å²) in [5.41, 5.74) is 1.71. The molecule has 1 aliphatic heterocycles. The van der Waals surface area contributed by atoms with E-state index in [1.54, 1.807) is 11.8 Å². The highest BCUT2D eigenvalue weighted by Gasteiger charge is 2.15. The van der Waals surface area contributed by atoms with Crippen LogP contribution >= 0.6 is 11.8 Å². The third kappa shape index (κ3) is 2.93. The van der Waals surface area contributed by atoms with Gasteiger partial charge in [-0.25, -0.2) is 0 Å². The number of nitrogens with one attached hydrogen (secondary N) is 1. The van der Waals surface area contributed by atoms with Crippen LogP contribution in [0.4, 0.5) is 5.69 Å². The van der Waals surface area contributed by atoms with Crippen LogP contribution in [-0.4, -0.2) is 25.5 Å². The molecule has 0 atom stereocenters. The lowest BCUT2D eigenvalue weighted by molar-refractivity contribution is 0.0904. The molecule has 0 saturated carbocycles. The SMILES string of the molecule is CSc1cccc(NC2CCOCC2)c1C#N. The molecule has 1 fully saturated rings. The van der Waals surface area contributed by atoms with E-state index in [4.69, 9.17) is 4.74 Å². The molecule has 0 bridgehead atoms. The molecule has 2 rings (SSSR count). The highest BCUT2D eigenvalue weighted by Crippen LogP contribution is 2.27. The van der Waals surface area contributed by atoms with Crippen LogP contribution in [0.15, 0.2) is 23.1 Å². The molecule has 1 N–H and O–H groups in total. The van der Waals surface area contributed by atoms with Crippen molar-refractivity contribution in [3.05, 3.63) is 23.8 Å². The largest absolute Gasteiger partial charge is 0.381 e. The molecule has 1 aliphatic rings. The molecule has 17 heavy (non-hydrogen) atoms. The molecule has 90 valence electrons. The summed E-state index contributed by atoms with van der Waals surface area (Å²) in [6, 6.07) is 8.67. The Kier molecular flexibility index (Phi) is 4.29. The number of nitrogens with zero attached hydrogens (tertiary/aromatic N) is 1. The lowest BCUT2D eigenvalue weighted by Crippen LogP contribution is -2.28. The van der Waals surface area contributed by atoms with Gasteiger partial charge in [0.2, 0.25) is 0 Å². The van der Waals surface area contributed by atoms with E-state index in [2.05, 4.69) is 11.4 Å². The van der Waals surface area contributed by atoms with E-state index in [0.717, 1.165) is 42.2 Å². The van der Waals surface area contributed by atoms with E-state index in [0.29, 0.717) is 6.04 Å². The highest BCUT2D eigenvalue weighted by molar-refractivity contribution is 7.98. The maximum absolute atomic E-state index is 9.23. The number of hydrogen-bond donors (Lipinski definition) is 1. The van der Waals surface area contributed by atoms with Crippen LogP contribution in [0.3, 0.4) is 0 Å². The molecular weight excluding hydrogens is 232 g/mol. The van der Waals surface area contributed by atoms with Gasteiger partial charge >= 0.3 is 0 Å². The Labute approximate surface area is 106 Å². The molecule has 1 aromatic carbocycles. The molecule has 3 nitrogen and oxygen atoms in total. The molecule has 1 saturated heterocycles. The quantitative estimate of drug-likeness (QED) is 0.835. The van der Waals surface area contributed by atoms with Crippen molar-refractivity contribution in [3.63, 3.8) is 0 Å².